The van der Waals surface area contributed by atoms with Crippen molar-refractivity contribution in [1.29, 1.82) is 0 Å². The van der Waals surface area contributed by atoms with E-state index in [4.69, 9.17) is 5.11 Å². The quantitative estimate of drug-likeness (QED) is 0.810. The van der Waals surface area contributed by atoms with Crippen LogP contribution in [-0.2, 0) is 4.79 Å². The first kappa shape index (κ1) is 14.8. The minimum Gasteiger partial charge on any atom is -0.480 e. The maximum Gasteiger partial charge on any atom is 0.326 e. The van der Waals surface area contributed by atoms with Crippen molar-refractivity contribution in [2.75, 3.05) is 13.1 Å². The molecule has 2 N–H and O–H groups in total. The van der Waals surface area contributed by atoms with Crippen LogP contribution in [0.25, 0.3) is 0 Å². The Balaban J connectivity index is 2.48. The predicted octanol–water partition coefficient (Wildman–Crippen LogP) is 1.93. The predicted molar refractivity (Wildman–Crippen MR) is 69.4 cm³/mol. The van der Waals surface area contributed by atoms with E-state index in [9.17, 15) is 9.59 Å². The van der Waals surface area contributed by atoms with Crippen molar-refractivity contribution in [2.45, 2.75) is 46.6 Å². The molecular formula is C13H24N2O3. The first-order chi connectivity index (χ1) is 8.23. The van der Waals surface area contributed by atoms with Crippen LogP contribution < -0.4 is 5.32 Å². The molecule has 5 nitrogen and oxygen atoms in total. The third kappa shape index (κ3) is 3.62. The molecule has 1 aliphatic heterocycles. The van der Waals surface area contributed by atoms with Crippen LogP contribution in [0.5, 0.6) is 0 Å². The van der Waals surface area contributed by atoms with E-state index in [1.807, 2.05) is 0 Å². The Labute approximate surface area is 109 Å². The van der Waals surface area contributed by atoms with Crippen LogP contribution in [0.3, 0.4) is 0 Å². The van der Waals surface area contributed by atoms with Gasteiger partial charge in [-0.3, -0.25) is 0 Å². The second-order valence-electron chi connectivity index (χ2n) is 6.14. The molecule has 1 heterocycles. The number of rotatable bonds is 3. The summed E-state index contributed by atoms with van der Waals surface area (Å²) in [6.07, 6.45) is 1.32. The number of nitrogens with one attached hydrogen (secondary N) is 1. The van der Waals surface area contributed by atoms with Gasteiger partial charge >= 0.3 is 12.0 Å². The number of hydrogen-bond acceptors (Lipinski definition) is 2. The van der Waals surface area contributed by atoms with Crippen LogP contribution in [0.2, 0.25) is 0 Å². The molecule has 2 atom stereocenters. The number of nitrogens with zero attached hydrogens (tertiary/aromatic N) is 1. The zero-order chi connectivity index (χ0) is 13.9. The molecule has 5 heteroatoms. The number of urea groups is 1. The summed E-state index contributed by atoms with van der Waals surface area (Å²) in [4.78, 5) is 24.4. The second kappa shape index (κ2) is 5.59. The normalized spacial score (nSPS) is 21.8. The molecule has 1 aliphatic rings. The average Bonchev–Trinajstić information content (AvgIpc) is 2.72. The zero-order valence-electron chi connectivity index (χ0n) is 11.7. The first-order valence-electron chi connectivity index (χ1n) is 6.50. The number of carboxylic acid groups (broad SMARTS) is 1. The molecule has 0 saturated carbocycles. The molecule has 0 bridgehead atoms. The number of carbonyl (C=O) groups excluding carboxylic acids is 1. The summed E-state index contributed by atoms with van der Waals surface area (Å²) in [7, 11) is 0. The molecule has 0 aromatic heterocycles. The van der Waals surface area contributed by atoms with E-state index in [1.165, 1.54) is 4.90 Å². The number of aliphatic carboxylic acids is 1. The van der Waals surface area contributed by atoms with Gasteiger partial charge in [-0.2, -0.15) is 0 Å². The summed E-state index contributed by atoms with van der Waals surface area (Å²) < 4.78 is 0. The third-order valence-electron chi connectivity index (χ3n) is 3.84. The van der Waals surface area contributed by atoms with Crippen LogP contribution in [0, 0.1) is 11.3 Å². The number of amides is 2. The van der Waals surface area contributed by atoms with Gasteiger partial charge in [0.1, 0.15) is 6.04 Å². The van der Waals surface area contributed by atoms with Gasteiger partial charge in [0.2, 0.25) is 0 Å². The number of carbonyl (C=O) groups is 2. The number of carboxylic acids is 1. The molecule has 0 radical (unpaired) electrons. The van der Waals surface area contributed by atoms with Crippen LogP contribution in [-0.4, -0.2) is 41.1 Å². The largest absolute Gasteiger partial charge is 0.480 e. The summed E-state index contributed by atoms with van der Waals surface area (Å²) in [6.45, 7) is 9.57. The van der Waals surface area contributed by atoms with Crippen molar-refractivity contribution in [3.05, 3.63) is 0 Å². The highest BCUT2D eigenvalue weighted by atomic mass is 16.4. The Kier molecular flexibility index (Phi) is 4.59. The Bertz CT molecular complexity index is 323. The van der Waals surface area contributed by atoms with Crippen LogP contribution in [0.1, 0.15) is 40.5 Å². The second-order valence-corrected chi connectivity index (χ2v) is 6.14. The van der Waals surface area contributed by atoms with Gasteiger partial charge in [-0.05, 0) is 24.2 Å². The van der Waals surface area contributed by atoms with Crippen molar-refractivity contribution in [3.8, 4) is 0 Å². The van der Waals surface area contributed by atoms with E-state index in [0.29, 0.717) is 25.4 Å². The minimum absolute atomic E-state index is 0.129. The van der Waals surface area contributed by atoms with Gasteiger partial charge in [-0.25, -0.2) is 9.59 Å². The van der Waals surface area contributed by atoms with Crippen molar-refractivity contribution < 1.29 is 14.7 Å². The maximum absolute atomic E-state index is 11.9. The fourth-order valence-electron chi connectivity index (χ4n) is 1.91. The van der Waals surface area contributed by atoms with E-state index < -0.39 is 12.0 Å². The number of likely N-dealkylation sites (tertiary alicyclic amines) is 1. The van der Waals surface area contributed by atoms with Crippen LogP contribution in [0.15, 0.2) is 0 Å². The van der Waals surface area contributed by atoms with E-state index in [2.05, 4.69) is 33.0 Å². The molecule has 0 aliphatic carbocycles. The van der Waals surface area contributed by atoms with Gasteiger partial charge in [0.15, 0.2) is 0 Å². The maximum atomic E-state index is 11.9. The lowest BCUT2D eigenvalue weighted by molar-refractivity contribution is -0.141. The van der Waals surface area contributed by atoms with Gasteiger partial charge in [0, 0.05) is 13.1 Å². The fraction of sp³-hybridized carbons (Fsp3) is 0.846. The number of hydrogen-bond donors (Lipinski definition) is 2. The molecule has 1 fully saturated rings. The lowest BCUT2D eigenvalue weighted by Gasteiger charge is -2.29. The Hall–Kier alpha value is -1.26. The zero-order valence-corrected chi connectivity index (χ0v) is 11.7. The monoisotopic (exact) mass is 256 g/mol. The van der Waals surface area contributed by atoms with Gasteiger partial charge in [0.25, 0.3) is 0 Å². The fourth-order valence-corrected chi connectivity index (χ4v) is 1.91. The lowest BCUT2D eigenvalue weighted by Crippen LogP contribution is -2.47. The SMILES string of the molecule is CC(CNC(=O)N1CCCC1C(=O)O)C(C)(C)C. The van der Waals surface area contributed by atoms with Crippen LogP contribution in [0.4, 0.5) is 4.79 Å². The smallest absolute Gasteiger partial charge is 0.326 e. The Morgan fingerprint density at radius 2 is 2.06 bits per heavy atom. The molecule has 0 spiro atoms. The van der Waals surface area contributed by atoms with Crippen molar-refractivity contribution in [3.63, 3.8) is 0 Å². The Morgan fingerprint density at radius 1 is 1.44 bits per heavy atom. The van der Waals surface area contributed by atoms with Gasteiger partial charge in [-0.1, -0.05) is 27.7 Å². The van der Waals surface area contributed by atoms with E-state index >= 15 is 0 Å². The lowest BCUT2D eigenvalue weighted by atomic mass is 9.82. The third-order valence-corrected chi connectivity index (χ3v) is 3.84. The summed E-state index contributed by atoms with van der Waals surface area (Å²) in [5.74, 6) is -0.571. The van der Waals surface area contributed by atoms with Crippen molar-refractivity contribution >= 4 is 12.0 Å². The molecule has 2 amide bonds. The van der Waals surface area contributed by atoms with Crippen LogP contribution >= 0.6 is 0 Å². The average molecular weight is 256 g/mol. The van der Waals surface area contributed by atoms with E-state index in [0.717, 1.165) is 6.42 Å². The summed E-state index contributed by atoms with van der Waals surface area (Å²) in [5, 5.41) is 11.9. The first-order valence-corrected chi connectivity index (χ1v) is 6.50. The summed E-state index contributed by atoms with van der Waals surface area (Å²) in [5.41, 5.74) is 0.129. The Morgan fingerprint density at radius 3 is 2.56 bits per heavy atom. The highest BCUT2D eigenvalue weighted by Gasteiger charge is 2.34. The highest BCUT2D eigenvalue weighted by molar-refractivity contribution is 5.83. The van der Waals surface area contributed by atoms with E-state index in [-0.39, 0.29) is 11.4 Å². The molecular weight excluding hydrogens is 232 g/mol. The van der Waals surface area contributed by atoms with Gasteiger partial charge < -0.3 is 15.3 Å². The van der Waals surface area contributed by atoms with E-state index in [1.54, 1.807) is 0 Å². The van der Waals surface area contributed by atoms with Crippen molar-refractivity contribution in [2.24, 2.45) is 11.3 Å². The molecule has 104 valence electrons. The molecule has 0 aromatic carbocycles. The molecule has 0 aromatic rings. The highest BCUT2D eigenvalue weighted by Crippen LogP contribution is 2.24. The van der Waals surface area contributed by atoms with Crippen molar-refractivity contribution in [1.82, 2.24) is 10.2 Å². The standard InChI is InChI=1S/C13H24N2O3/c1-9(13(2,3)4)8-14-12(18)15-7-5-6-10(15)11(16)17/h9-10H,5-8H2,1-4H3,(H,14,18)(H,16,17). The topological polar surface area (TPSA) is 69.6 Å². The summed E-state index contributed by atoms with van der Waals surface area (Å²) >= 11 is 0. The van der Waals surface area contributed by atoms with Gasteiger partial charge in [-0.15, -0.1) is 0 Å². The molecule has 18 heavy (non-hydrogen) atoms. The molecule has 1 rings (SSSR count). The summed E-state index contributed by atoms with van der Waals surface area (Å²) in [6, 6.07) is -0.911. The molecule has 1 saturated heterocycles. The minimum atomic E-state index is -0.911. The van der Waals surface area contributed by atoms with Gasteiger partial charge in [0.05, 0.1) is 0 Å². The molecule has 2 unspecified atom stereocenters.